The minimum atomic E-state index is -1.44. The predicted molar refractivity (Wildman–Crippen MR) is 87.5 cm³/mol. The summed E-state index contributed by atoms with van der Waals surface area (Å²) in [4.78, 5) is 4.02. The summed E-state index contributed by atoms with van der Waals surface area (Å²) < 4.78 is 32.4. The summed E-state index contributed by atoms with van der Waals surface area (Å²) in [6.07, 6.45) is 3.10. The van der Waals surface area contributed by atoms with E-state index in [9.17, 15) is 0 Å². The fraction of sp³-hybridized carbons (Fsp3) is 0.389. The maximum absolute atomic E-state index is 15.0. The number of alkyl halides is 1. The van der Waals surface area contributed by atoms with E-state index in [1.807, 2.05) is 24.3 Å². The van der Waals surface area contributed by atoms with E-state index >= 15 is 4.39 Å². The highest BCUT2D eigenvalue weighted by atomic mass is 35.5. The van der Waals surface area contributed by atoms with Crippen LogP contribution >= 0.6 is 11.6 Å². The predicted octanol–water partition coefficient (Wildman–Crippen LogP) is 4.56. The molecule has 1 saturated carbocycles. The van der Waals surface area contributed by atoms with Crippen molar-refractivity contribution < 1.29 is 18.6 Å². The monoisotopic (exact) mass is 349 g/mol. The molecule has 2 aliphatic rings. The molecule has 1 spiro atoms. The van der Waals surface area contributed by atoms with Gasteiger partial charge in [-0.2, -0.15) is 0 Å². The van der Waals surface area contributed by atoms with Crippen molar-refractivity contribution >= 4 is 11.6 Å². The molecule has 0 unspecified atom stereocenters. The van der Waals surface area contributed by atoms with Crippen molar-refractivity contribution in [3.8, 4) is 17.4 Å². The smallest absolute Gasteiger partial charge is 0.251 e. The summed E-state index contributed by atoms with van der Waals surface area (Å²) in [5.74, 6) is 0.958. The highest BCUT2D eigenvalue weighted by Crippen LogP contribution is 2.48. The summed E-state index contributed by atoms with van der Waals surface area (Å²) in [7, 11) is 0. The lowest BCUT2D eigenvalue weighted by Gasteiger charge is -2.38. The fourth-order valence-electron chi connectivity index (χ4n) is 3.14. The summed E-state index contributed by atoms with van der Waals surface area (Å²) in [5, 5.41) is 0.381. The molecule has 1 aliphatic carbocycles. The van der Waals surface area contributed by atoms with Crippen LogP contribution in [0.3, 0.4) is 0 Å². The Morgan fingerprint density at radius 3 is 2.33 bits per heavy atom. The lowest BCUT2D eigenvalue weighted by Crippen LogP contribution is -2.48. The number of rotatable bonds is 3. The molecule has 4 nitrogen and oxygen atoms in total. The van der Waals surface area contributed by atoms with Gasteiger partial charge in [-0.05, 0) is 37.1 Å². The van der Waals surface area contributed by atoms with Crippen molar-refractivity contribution in [2.75, 3.05) is 6.61 Å². The fourth-order valence-corrected chi connectivity index (χ4v) is 3.32. The van der Waals surface area contributed by atoms with Crippen LogP contribution in [0.2, 0.25) is 5.02 Å². The Kier molecular flexibility index (Phi) is 3.76. The first-order chi connectivity index (χ1) is 11.6. The molecule has 0 atom stereocenters. The number of para-hydroxylation sites is 2. The molecule has 4 rings (SSSR count). The van der Waals surface area contributed by atoms with Gasteiger partial charge < -0.3 is 14.2 Å². The third-order valence-corrected chi connectivity index (χ3v) is 4.83. The molecule has 0 N–H and O–H groups in total. The lowest BCUT2D eigenvalue weighted by atomic mass is 9.83. The molecule has 2 heterocycles. The number of hydrogen-bond donors (Lipinski definition) is 0. The Balaban J connectivity index is 1.38. The average Bonchev–Trinajstić information content (AvgIpc) is 2.96. The molecule has 1 aromatic heterocycles. The van der Waals surface area contributed by atoms with Gasteiger partial charge in [0.1, 0.15) is 17.3 Å². The van der Waals surface area contributed by atoms with E-state index in [4.69, 9.17) is 25.8 Å². The third-order valence-electron chi connectivity index (χ3n) is 4.54. The molecular weight excluding hydrogens is 333 g/mol. The number of fused-ring (bicyclic) bond motifs is 1. The number of benzene rings is 1. The van der Waals surface area contributed by atoms with E-state index in [1.54, 1.807) is 18.3 Å². The van der Waals surface area contributed by atoms with Crippen LogP contribution in [0.25, 0.3) is 0 Å². The summed E-state index contributed by atoms with van der Waals surface area (Å²) >= 11 is 5.99. The summed E-state index contributed by atoms with van der Waals surface area (Å²) in [5.41, 5.74) is -1.44. The lowest BCUT2D eigenvalue weighted by molar-refractivity contribution is -0.136. The highest BCUT2D eigenvalue weighted by molar-refractivity contribution is 6.31. The maximum atomic E-state index is 15.0. The molecule has 0 bridgehead atoms. The van der Waals surface area contributed by atoms with Crippen molar-refractivity contribution in [2.24, 2.45) is 0 Å². The van der Waals surface area contributed by atoms with Gasteiger partial charge in [0.15, 0.2) is 11.5 Å². The number of pyridine rings is 1. The molecule has 0 radical (unpaired) electrons. The number of ether oxygens (including phenoxy) is 3. The van der Waals surface area contributed by atoms with Gasteiger partial charge in [0.2, 0.25) is 5.88 Å². The molecule has 0 saturated heterocycles. The average molecular weight is 350 g/mol. The van der Waals surface area contributed by atoms with Crippen LogP contribution in [0.5, 0.6) is 17.4 Å². The van der Waals surface area contributed by atoms with E-state index in [2.05, 4.69) is 4.98 Å². The van der Waals surface area contributed by atoms with Gasteiger partial charge in [0.25, 0.3) is 5.79 Å². The number of aromatic nitrogens is 1. The first-order valence-electron chi connectivity index (χ1n) is 7.97. The van der Waals surface area contributed by atoms with Gasteiger partial charge in [-0.3, -0.25) is 0 Å². The zero-order valence-electron chi connectivity index (χ0n) is 13.0. The molecule has 2 aromatic rings. The van der Waals surface area contributed by atoms with Crippen molar-refractivity contribution in [1.82, 2.24) is 4.98 Å². The van der Waals surface area contributed by atoms with E-state index in [0.717, 1.165) is 11.5 Å². The van der Waals surface area contributed by atoms with Crippen molar-refractivity contribution in [3.63, 3.8) is 0 Å². The van der Waals surface area contributed by atoms with Gasteiger partial charge in [-0.25, -0.2) is 9.37 Å². The topological polar surface area (TPSA) is 40.6 Å². The highest BCUT2D eigenvalue weighted by Gasteiger charge is 2.50. The van der Waals surface area contributed by atoms with Crippen molar-refractivity contribution in [2.45, 2.75) is 37.1 Å². The summed E-state index contributed by atoms with van der Waals surface area (Å²) in [6.45, 7) is -0.0766. The number of halogens is 2. The van der Waals surface area contributed by atoms with Crippen LogP contribution in [-0.2, 0) is 0 Å². The van der Waals surface area contributed by atoms with Crippen LogP contribution < -0.4 is 14.2 Å². The van der Waals surface area contributed by atoms with E-state index in [-0.39, 0.29) is 12.5 Å². The van der Waals surface area contributed by atoms with Crippen LogP contribution in [0, 0.1) is 0 Å². The Hall–Kier alpha value is -2.01. The Bertz CT molecular complexity index is 720. The first kappa shape index (κ1) is 15.5. The van der Waals surface area contributed by atoms with Crippen LogP contribution in [0.15, 0.2) is 42.6 Å². The normalized spacial score (nSPS) is 20.1. The zero-order valence-corrected chi connectivity index (χ0v) is 13.8. The third kappa shape index (κ3) is 2.88. The Morgan fingerprint density at radius 2 is 1.71 bits per heavy atom. The SMILES string of the molecule is FC1(COc2ncccc2Cl)CCC2(CC1)Oc1ccccc1O2. The second kappa shape index (κ2) is 5.81. The summed E-state index contributed by atoms with van der Waals surface area (Å²) in [6, 6.07) is 10.9. The zero-order chi connectivity index (χ0) is 16.6. The maximum Gasteiger partial charge on any atom is 0.251 e. The van der Waals surface area contributed by atoms with Gasteiger partial charge >= 0.3 is 0 Å². The second-order valence-electron chi connectivity index (χ2n) is 6.29. The van der Waals surface area contributed by atoms with Gasteiger partial charge in [-0.1, -0.05) is 23.7 Å². The molecule has 1 aromatic carbocycles. The standard InChI is InChI=1S/C18H17ClFNO3/c19-13-4-3-11-21-16(13)22-12-17(20)7-9-18(10-8-17)23-14-5-1-2-6-15(14)24-18/h1-6,11H,7-10,12H2. The minimum absolute atomic E-state index is 0.0766. The largest absolute Gasteiger partial charge is 0.473 e. The number of nitrogens with zero attached hydrogens (tertiary/aromatic N) is 1. The molecule has 1 aliphatic heterocycles. The molecule has 24 heavy (non-hydrogen) atoms. The van der Waals surface area contributed by atoms with Crippen molar-refractivity contribution in [1.29, 1.82) is 0 Å². The molecule has 6 heteroatoms. The van der Waals surface area contributed by atoms with E-state index in [1.165, 1.54) is 0 Å². The minimum Gasteiger partial charge on any atom is -0.473 e. The van der Waals surface area contributed by atoms with Gasteiger partial charge in [0, 0.05) is 19.0 Å². The van der Waals surface area contributed by atoms with Crippen molar-refractivity contribution in [3.05, 3.63) is 47.6 Å². The van der Waals surface area contributed by atoms with Crippen LogP contribution in [-0.4, -0.2) is 23.0 Å². The second-order valence-corrected chi connectivity index (χ2v) is 6.70. The van der Waals surface area contributed by atoms with Gasteiger partial charge in [-0.15, -0.1) is 0 Å². The quantitative estimate of drug-likeness (QED) is 0.814. The van der Waals surface area contributed by atoms with Crippen LogP contribution in [0.1, 0.15) is 25.7 Å². The van der Waals surface area contributed by atoms with Crippen LogP contribution in [0.4, 0.5) is 4.39 Å². The van der Waals surface area contributed by atoms with E-state index < -0.39 is 11.5 Å². The molecular formula is C18H17ClFNO3. The molecule has 126 valence electrons. The van der Waals surface area contributed by atoms with E-state index in [0.29, 0.717) is 30.7 Å². The Morgan fingerprint density at radius 1 is 1.04 bits per heavy atom. The Labute approximate surface area is 144 Å². The molecule has 1 fully saturated rings. The van der Waals surface area contributed by atoms with Gasteiger partial charge in [0.05, 0.1) is 0 Å². The molecule has 0 amide bonds. The number of hydrogen-bond acceptors (Lipinski definition) is 4. The first-order valence-corrected chi connectivity index (χ1v) is 8.35.